The minimum atomic E-state index is -0.653. The molecule has 0 unspecified atom stereocenters. The van der Waals surface area contributed by atoms with E-state index in [1.54, 1.807) is 31.2 Å². The topological polar surface area (TPSA) is 124 Å². The van der Waals surface area contributed by atoms with E-state index in [2.05, 4.69) is 10.1 Å². The molecule has 0 aliphatic heterocycles. The highest BCUT2D eigenvalue weighted by Gasteiger charge is 2.21. The molecule has 142 valence electrons. The van der Waals surface area contributed by atoms with Crippen LogP contribution in [-0.4, -0.2) is 19.7 Å². The van der Waals surface area contributed by atoms with Crippen LogP contribution in [-0.2, 0) is 0 Å². The second-order valence-electron chi connectivity index (χ2n) is 6.59. The number of hydrogen-bond donors (Lipinski definition) is 1. The van der Waals surface area contributed by atoms with Gasteiger partial charge in [0.05, 0.1) is 27.1 Å². The van der Waals surface area contributed by atoms with Gasteiger partial charge in [0.25, 0.3) is 11.2 Å². The van der Waals surface area contributed by atoms with Gasteiger partial charge in [-0.3, -0.25) is 20.0 Å². The SMILES string of the molecule is Cc1nc2[nH]n(-c3ccccc3)c(=O)c2c2c1c(=O)oc1ccc([N+](=O)[O-])cc12. The number of nitrogens with zero attached hydrogens (tertiary/aromatic N) is 3. The zero-order chi connectivity index (χ0) is 20.3. The van der Waals surface area contributed by atoms with E-state index in [9.17, 15) is 19.7 Å². The maximum atomic E-state index is 13.3. The van der Waals surface area contributed by atoms with Crippen molar-refractivity contribution in [3.8, 4) is 5.69 Å². The largest absolute Gasteiger partial charge is 0.422 e. The number of benzene rings is 2. The molecule has 3 heterocycles. The molecule has 29 heavy (non-hydrogen) atoms. The predicted molar refractivity (Wildman–Crippen MR) is 107 cm³/mol. The third-order valence-electron chi connectivity index (χ3n) is 4.88. The number of aromatic nitrogens is 3. The van der Waals surface area contributed by atoms with Crippen LogP contribution in [0.4, 0.5) is 5.69 Å². The van der Waals surface area contributed by atoms with Crippen molar-refractivity contribution in [2.24, 2.45) is 0 Å². The van der Waals surface area contributed by atoms with Crippen molar-refractivity contribution in [3.63, 3.8) is 0 Å². The lowest BCUT2D eigenvalue weighted by molar-refractivity contribution is -0.384. The zero-order valence-electron chi connectivity index (χ0n) is 15.0. The second kappa shape index (κ2) is 5.86. The lowest BCUT2D eigenvalue weighted by atomic mass is 10.0. The average Bonchev–Trinajstić information content (AvgIpc) is 3.04. The average molecular weight is 388 g/mol. The lowest BCUT2D eigenvalue weighted by Gasteiger charge is -2.05. The Morgan fingerprint density at radius 1 is 1.07 bits per heavy atom. The third kappa shape index (κ3) is 2.37. The number of H-pyrrole nitrogens is 1. The fourth-order valence-corrected chi connectivity index (χ4v) is 3.61. The predicted octanol–water partition coefficient (Wildman–Crippen LogP) is 3.19. The van der Waals surface area contributed by atoms with Crippen LogP contribution in [0.2, 0.25) is 0 Å². The Balaban J connectivity index is 2.05. The van der Waals surface area contributed by atoms with Crippen LogP contribution in [0.1, 0.15) is 5.69 Å². The van der Waals surface area contributed by atoms with Gasteiger partial charge in [0.15, 0.2) is 5.65 Å². The molecule has 0 atom stereocenters. The third-order valence-corrected chi connectivity index (χ3v) is 4.88. The van der Waals surface area contributed by atoms with E-state index < -0.39 is 16.1 Å². The minimum absolute atomic E-state index is 0.127. The summed E-state index contributed by atoms with van der Waals surface area (Å²) in [5.41, 5.74) is 0.154. The fourth-order valence-electron chi connectivity index (χ4n) is 3.61. The number of hydrogen-bond acceptors (Lipinski definition) is 6. The number of nitrogens with one attached hydrogen (secondary N) is 1. The van der Waals surface area contributed by atoms with E-state index in [1.807, 2.05) is 6.07 Å². The highest BCUT2D eigenvalue weighted by atomic mass is 16.6. The van der Waals surface area contributed by atoms with Crippen LogP contribution in [0.15, 0.2) is 62.5 Å². The van der Waals surface area contributed by atoms with E-state index in [1.165, 1.54) is 22.9 Å². The van der Waals surface area contributed by atoms with Crippen molar-refractivity contribution in [1.82, 2.24) is 14.8 Å². The van der Waals surface area contributed by atoms with E-state index in [0.29, 0.717) is 22.2 Å². The summed E-state index contributed by atoms with van der Waals surface area (Å²) in [6.07, 6.45) is 0. The molecule has 0 aliphatic rings. The highest BCUT2D eigenvalue weighted by Crippen LogP contribution is 2.31. The lowest BCUT2D eigenvalue weighted by Crippen LogP contribution is -2.14. The van der Waals surface area contributed by atoms with Crippen molar-refractivity contribution in [1.29, 1.82) is 0 Å². The quantitative estimate of drug-likeness (QED) is 0.214. The number of nitro groups is 1. The first-order chi connectivity index (χ1) is 14.0. The Hall–Kier alpha value is -4.27. The van der Waals surface area contributed by atoms with Crippen LogP contribution >= 0.6 is 0 Å². The van der Waals surface area contributed by atoms with Crippen LogP contribution < -0.4 is 11.2 Å². The molecule has 0 fully saturated rings. The smallest absolute Gasteiger partial charge is 0.346 e. The van der Waals surface area contributed by atoms with E-state index in [-0.39, 0.29) is 27.7 Å². The zero-order valence-corrected chi connectivity index (χ0v) is 15.0. The molecule has 0 saturated heterocycles. The maximum Gasteiger partial charge on any atom is 0.346 e. The standard InChI is InChI=1S/C20H12N4O5/c1-10-15-16(13-9-12(24(27)28)7-8-14(13)29-20(15)26)17-18(21-10)22-23(19(17)25)11-5-3-2-4-6-11/h2-9H,1H3,(H,21,22). The molecule has 0 bridgehead atoms. The normalized spacial score (nSPS) is 11.5. The number of fused-ring (bicyclic) bond motifs is 5. The van der Waals surface area contributed by atoms with Crippen LogP contribution in [0, 0.1) is 17.0 Å². The molecule has 1 N–H and O–H groups in total. The summed E-state index contributed by atoms with van der Waals surface area (Å²) >= 11 is 0. The van der Waals surface area contributed by atoms with Gasteiger partial charge in [-0.25, -0.2) is 14.5 Å². The first-order valence-electron chi connectivity index (χ1n) is 8.67. The summed E-state index contributed by atoms with van der Waals surface area (Å²) < 4.78 is 6.66. The van der Waals surface area contributed by atoms with Gasteiger partial charge in [0.1, 0.15) is 5.58 Å². The Labute approximate surface area is 161 Å². The summed E-state index contributed by atoms with van der Waals surface area (Å²) in [4.78, 5) is 40.9. The number of non-ortho nitro benzene ring substituents is 1. The summed E-state index contributed by atoms with van der Waals surface area (Å²) in [5.74, 6) is 0. The molecule has 0 saturated carbocycles. The summed E-state index contributed by atoms with van der Waals surface area (Å²) in [6.45, 7) is 1.63. The molecule has 0 amide bonds. The van der Waals surface area contributed by atoms with Gasteiger partial charge in [-0.15, -0.1) is 0 Å². The molecule has 9 nitrogen and oxygen atoms in total. The number of pyridine rings is 1. The van der Waals surface area contributed by atoms with Crippen molar-refractivity contribution in [2.45, 2.75) is 6.92 Å². The van der Waals surface area contributed by atoms with Gasteiger partial charge in [-0.1, -0.05) is 18.2 Å². The summed E-state index contributed by atoms with van der Waals surface area (Å²) in [5, 5.41) is 15.1. The molecule has 9 heteroatoms. The van der Waals surface area contributed by atoms with E-state index in [0.717, 1.165) is 0 Å². The number of para-hydroxylation sites is 1. The Morgan fingerprint density at radius 3 is 2.55 bits per heavy atom. The molecule has 5 aromatic rings. The molecule has 5 rings (SSSR count). The van der Waals surface area contributed by atoms with Crippen LogP contribution in [0.5, 0.6) is 0 Å². The Morgan fingerprint density at radius 2 is 1.83 bits per heavy atom. The van der Waals surface area contributed by atoms with Gasteiger partial charge in [-0.05, 0) is 25.1 Å². The number of aromatic amines is 1. The Bertz CT molecular complexity index is 1580. The molecule has 0 aliphatic carbocycles. The van der Waals surface area contributed by atoms with Gasteiger partial charge in [0, 0.05) is 22.9 Å². The van der Waals surface area contributed by atoms with Crippen LogP contribution in [0.3, 0.4) is 0 Å². The summed E-state index contributed by atoms with van der Waals surface area (Å²) in [6, 6.07) is 12.8. The first-order valence-corrected chi connectivity index (χ1v) is 8.67. The van der Waals surface area contributed by atoms with Gasteiger partial charge >= 0.3 is 5.63 Å². The fraction of sp³-hybridized carbons (Fsp3) is 0.0500. The molecular weight excluding hydrogens is 376 g/mol. The molecule has 2 aromatic carbocycles. The van der Waals surface area contributed by atoms with Gasteiger partial charge in [-0.2, -0.15) is 0 Å². The van der Waals surface area contributed by atoms with Crippen LogP contribution in [0.25, 0.3) is 38.5 Å². The first kappa shape index (κ1) is 16.9. The van der Waals surface area contributed by atoms with Gasteiger partial charge in [0.2, 0.25) is 0 Å². The van der Waals surface area contributed by atoms with E-state index >= 15 is 0 Å². The molecule has 3 aromatic heterocycles. The van der Waals surface area contributed by atoms with Crippen molar-refractivity contribution in [3.05, 3.63) is 85.1 Å². The van der Waals surface area contributed by atoms with Gasteiger partial charge < -0.3 is 4.42 Å². The number of nitro benzene ring substituents is 1. The number of rotatable bonds is 2. The van der Waals surface area contributed by atoms with Crippen molar-refractivity contribution < 1.29 is 9.34 Å². The second-order valence-corrected chi connectivity index (χ2v) is 6.59. The minimum Gasteiger partial charge on any atom is -0.422 e. The van der Waals surface area contributed by atoms with Crippen molar-refractivity contribution >= 4 is 38.5 Å². The van der Waals surface area contributed by atoms with E-state index in [4.69, 9.17) is 4.42 Å². The maximum absolute atomic E-state index is 13.3. The Kier molecular flexibility index (Phi) is 3.41. The monoisotopic (exact) mass is 388 g/mol. The van der Waals surface area contributed by atoms with Crippen molar-refractivity contribution in [2.75, 3.05) is 0 Å². The molecule has 0 spiro atoms. The molecule has 0 radical (unpaired) electrons. The highest BCUT2D eigenvalue weighted by molar-refractivity contribution is 6.17. The molecular formula is C20H12N4O5. The number of aryl methyl sites for hydroxylation is 1. The summed E-state index contributed by atoms with van der Waals surface area (Å²) in [7, 11) is 0.